The van der Waals surface area contributed by atoms with Crippen molar-refractivity contribution in [1.29, 1.82) is 0 Å². The normalized spacial score (nSPS) is 34.3. The van der Waals surface area contributed by atoms with Crippen LogP contribution in [-0.4, -0.2) is 76.1 Å². The second-order valence-corrected chi connectivity index (χ2v) is 9.71. The molecule has 6 rings (SSSR count). The first-order valence-electron chi connectivity index (χ1n) is 11.3. The summed E-state index contributed by atoms with van der Waals surface area (Å²) in [5.41, 5.74) is -0.296. The highest BCUT2D eigenvalue weighted by atomic mass is 16.5. The number of likely N-dealkylation sites (N-methyl/N-ethyl adjacent to an activating group) is 2. The summed E-state index contributed by atoms with van der Waals surface area (Å²) in [5, 5.41) is 22.8. The van der Waals surface area contributed by atoms with Gasteiger partial charge in [0.25, 0.3) is 0 Å². The largest absolute Gasteiger partial charge is 0.504 e. The predicted octanol–water partition coefficient (Wildman–Crippen LogP) is 1.95. The molecular weight excluding hydrogens is 424 g/mol. The SMILES string of the molecule is CN1CC[C@]23c4c5ccc(O)c4O[C@H]2[C@@H](N(C)C(=O)/C=C/c2ccoc2)CC[C@@]3(O)[C@H]1C5=O. The molecule has 8 heteroatoms. The van der Waals surface area contributed by atoms with Crippen LogP contribution in [0.1, 0.15) is 40.7 Å². The van der Waals surface area contributed by atoms with Crippen LogP contribution in [0.15, 0.2) is 41.2 Å². The van der Waals surface area contributed by atoms with E-state index in [1.165, 1.54) is 12.1 Å². The number of likely N-dealkylation sites (tertiary alicyclic amines) is 1. The summed E-state index contributed by atoms with van der Waals surface area (Å²) in [6, 6.07) is 3.88. The van der Waals surface area contributed by atoms with E-state index in [1.807, 2.05) is 11.9 Å². The molecular formula is C25H26N2O6. The number of nitrogens with zero attached hydrogens (tertiary/aromatic N) is 2. The molecule has 2 aromatic rings. The molecule has 1 aromatic heterocycles. The Morgan fingerprint density at radius 3 is 2.88 bits per heavy atom. The Labute approximate surface area is 191 Å². The zero-order valence-corrected chi connectivity index (χ0v) is 18.5. The fraction of sp³-hybridized carbons (Fsp3) is 0.440. The molecule has 1 aromatic carbocycles. The Balaban J connectivity index is 1.45. The Kier molecular flexibility index (Phi) is 4.17. The number of phenols is 1. The van der Waals surface area contributed by atoms with Crippen LogP contribution in [0.2, 0.25) is 0 Å². The molecule has 1 saturated carbocycles. The average molecular weight is 450 g/mol. The zero-order chi connectivity index (χ0) is 23.1. The van der Waals surface area contributed by atoms with E-state index in [0.29, 0.717) is 36.9 Å². The van der Waals surface area contributed by atoms with Crippen molar-refractivity contribution in [1.82, 2.24) is 9.80 Å². The minimum absolute atomic E-state index is 0.0439. The number of amides is 1. The highest BCUT2D eigenvalue weighted by Crippen LogP contribution is 2.65. The van der Waals surface area contributed by atoms with Crippen LogP contribution < -0.4 is 4.74 Å². The summed E-state index contributed by atoms with van der Waals surface area (Å²) in [7, 11) is 3.61. The molecule has 33 heavy (non-hydrogen) atoms. The second kappa shape index (κ2) is 6.71. The van der Waals surface area contributed by atoms with Crippen LogP contribution in [0, 0.1) is 0 Å². The molecule has 4 aliphatic rings. The van der Waals surface area contributed by atoms with Crippen LogP contribution in [0.5, 0.6) is 11.5 Å². The molecule has 2 N–H and O–H groups in total. The van der Waals surface area contributed by atoms with E-state index in [2.05, 4.69) is 0 Å². The van der Waals surface area contributed by atoms with E-state index < -0.39 is 23.2 Å². The molecule has 2 aliphatic heterocycles. The first-order valence-corrected chi connectivity index (χ1v) is 11.3. The van der Waals surface area contributed by atoms with Crippen molar-refractivity contribution in [3.05, 3.63) is 53.5 Å². The summed E-state index contributed by atoms with van der Waals surface area (Å²) in [4.78, 5) is 30.1. The van der Waals surface area contributed by atoms with Gasteiger partial charge in [-0.1, -0.05) is 0 Å². The lowest BCUT2D eigenvalue weighted by atomic mass is 9.48. The van der Waals surface area contributed by atoms with E-state index >= 15 is 0 Å². The summed E-state index contributed by atoms with van der Waals surface area (Å²) in [5.74, 6) is -0.100. The summed E-state index contributed by atoms with van der Waals surface area (Å²) < 4.78 is 11.4. The Hall–Kier alpha value is -3.10. The topological polar surface area (TPSA) is 103 Å². The van der Waals surface area contributed by atoms with Gasteiger partial charge in [0.2, 0.25) is 5.91 Å². The third-order valence-corrected chi connectivity index (χ3v) is 8.33. The number of phenolic OH excluding ortho intramolecular Hbond substituents is 1. The standard InChI is InChI=1S/C25H26N2O6/c1-26-11-10-24-19-15-4-5-17(28)21(19)33-23(24)16(7-9-25(24,31)22(26)20(15)30)27(2)18(29)6-3-14-8-12-32-13-14/h3-6,8,12-13,16,22-23,28,31H,7,9-11H2,1-2H3/b6-3+/t16-,22+,23-,24-,25+/m0/s1. The van der Waals surface area contributed by atoms with Crippen LogP contribution >= 0.6 is 0 Å². The van der Waals surface area contributed by atoms with Gasteiger partial charge in [0.05, 0.1) is 24.0 Å². The maximum atomic E-state index is 13.5. The van der Waals surface area contributed by atoms with Crippen molar-refractivity contribution in [2.75, 3.05) is 20.6 Å². The number of aliphatic hydroxyl groups is 1. The van der Waals surface area contributed by atoms with Gasteiger partial charge in [-0.15, -0.1) is 0 Å². The summed E-state index contributed by atoms with van der Waals surface area (Å²) in [6.07, 6.45) is 7.13. The number of benzene rings is 1. The molecule has 2 fully saturated rings. The van der Waals surface area contributed by atoms with Crippen molar-refractivity contribution < 1.29 is 29.0 Å². The predicted molar refractivity (Wildman–Crippen MR) is 118 cm³/mol. The summed E-state index contributed by atoms with van der Waals surface area (Å²) >= 11 is 0. The van der Waals surface area contributed by atoms with Crippen molar-refractivity contribution in [3.8, 4) is 11.5 Å². The van der Waals surface area contributed by atoms with E-state index in [9.17, 15) is 19.8 Å². The number of piperidine rings is 1. The highest BCUT2D eigenvalue weighted by molar-refractivity contribution is 6.06. The lowest BCUT2D eigenvalue weighted by Gasteiger charge is -2.63. The maximum Gasteiger partial charge on any atom is 0.246 e. The van der Waals surface area contributed by atoms with Gasteiger partial charge in [-0.3, -0.25) is 14.5 Å². The Morgan fingerprint density at radius 1 is 1.30 bits per heavy atom. The number of ether oxygens (including phenoxy) is 1. The molecule has 0 unspecified atom stereocenters. The average Bonchev–Trinajstić information content (AvgIpc) is 3.43. The van der Waals surface area contributed by atoms with Crippen LogP contribution in [-0.2, 0) is 10.2 Å². The van der Waals surface area contributed by atoms with E-state index in [4.69, 9.17) is 9.15 Å². The number of aromatic hydroxyl groups is 1. The Bertz CT molecular complexity index is 1190. The minimum Gasteiger partial charge on any atom is -0.504 e. The lowest BCUT2D eigenvalue weighted by Crippen LogP contribution is -2.79. The fourth-order valence-corrected chi connectivity index (χ4v) is 6.81. The van der Waals surface area contributed by atoms with Gasteiger partial charge in [0, 0.05) is 29.8 Å². The lowest BCUT2D eigenvalue weighted by molar-refractivity contribution is -0.184. The number of hydrogen-bond acceptors (Lipinski definition) is 7. The number of carbonyl (C=O) groups excluding carboxylic acids is 2. The zero-order valence-electron chi connectivity index (χ0n) is 18.5. The van der Waals surface area contributed by atoms with E-state index in [-0.39, 0.29) is 29.2 Å². The molecule has 1 amide bonds. The molecule has 0 radical (unpaired) electrons. The van der Waals surface area contributed by atoms with Gasteiger partial charge in [-0.25, -0.2) is 0 Å². The van der Waals surface area contributed by atoms with Gasteiger partial charge in [-0.2, -0.15) is 0 Å². The molecule has 2 aliphatic carbocycles. The van der Waals surface area contributed by atoms with Gasteiger partial charge >= 0.3 is 0 Å². The molecule has 8 nitrogen and oxygen atoms in total. The first-order chi connectivity index (χ1) is 15.8. The van der Waals surface area contributed by atoms with Crippen LogP contribution in [0.3, 0.4) is 0 Å². The number of rotatable bonds is 3. The van der Waals surface area contributed by atoms with E-state index in [1.54, 1.807) is 42.7 Å². The third-order valence-electron chi connectivity index (χ3n) is 8.33. The van der Waals surface area contributed by atoms with Gasteiger partial charge in [0.1, 0.15) is 17.7 Å². The number of hydrogen-bond donors (Lipinski definition) is 2. The van der Waals surface area contributed by atoms with Crippen molar-refractivity contribution in [3.63, 3.8) is 0 Å². The van der Waals surface area contributed by atoms with Crippen LogP contribution in [0.4, 0.5) is 0 Å². The van der Waals surface area contributed by atoms with Crippen molar-refractivity contribution in [2.45, 2.75) is 48.5 Å². The molecule has 5 atom stereocenters. The number of furan rings is 1. The monoisotopic (exact) mass is 450 g/mol. The van der Waals surface area contributed by atoms with Gasteiger partial charge < -0.3 is 24.3 Å². The third kappa shape index (κ3) is 2.42. The Morgan fingerprint density at radius 2 is 2.12 bits per heavy atom. The molecule has 1 saturated heterocycles. The fourth-order valence-electron chi connectivity index (χ4n) is 6.81. The molecule has 3 heterocycles. The van der Waals surface area contributed by atoms with E-state index in [0.717, 1.165) is 5.56 Å². The highest BCUT2D eigenvalue weighted by Gasteiger charge is 2.75. The second-order valence-electron chi connectivity index (χ2n) is 9.71. The van der Waals surface area contributed by atoms with Gasteiger partial charge in [-0.05, 0) is 57.1 Å². The number of ketones is 1. The quantitative estimate of drug-likeness (QED) is 0.689. The summed E-state index contributed by atoms with van der Waals surface area (Å²) in [6.45, 7) is 0.609. The number of carbonyl (C=O) groups is 2. The number of Topliss-reactive ketones (excluding diaryl/α,β-unsaturated/α-hetero) is 1. The smallest absolute Gasteiger partial charge is 0.246 e. The minimum atomic E-state index is -1.33. The van der Waals surface area contributed by atoms with Crippen molar-refractivity contribution in [2.24, 2.45) is 0 Å². The van der Waals surface area contributed by atoms with Crippen molar-refractivity contribution >= 4 is 17.8 Å². The van der Waals surface area contributed by atoms with Crippen LogP contribution in [0.25, 0.3) is 6.08 Å². The molecule has 1 spiro atoms. The van der Waals surface area contributed by atoms with Gasteiger partial charge in [0.15, 0.2) is 17.3 Å². The molecule has 172 valence electrons. The maximum absolute atomic E-state index is 13.5. The first kappa shape index (κ1) is 20.5. The molecule has 2 bridgehead atoms.